The Morgan fingerprint density at radius 3 is 2.53 bits per heavy atom. The van der Waals surface area contributed by atoms with Crippen molar-refractivity contribution >= 4 is 6.29 Å². The van der Waals surface area contributed by atoms with E-state index in [4.69, 9.17) is 0 Å². The maximum Gasteiger partial charge on any atom is 0.150 e. The number of rotatable bonds is 6. The van der Waals surface area contributed by atoms with Crippen LogP contribution in [-0.2, 0) is 12.8 Å². The summed E-state index contributed by atoms with van der Waals surface area (Å²) in [5, 5.41) is 0. The lowest BCUT2D eigenvalue weighted by atomic mass is 9.97. The summed E-state index contributed by atoms with van der Waals surface area (Å²) >= 11 is 0. The van der Waals surface area contributed by atoms with Crippen molar-refractivity contribution in [2.75, 3.05) is 0 Å². The SMILES string of the molecule is CCCCCc1cc(C=O)ccc1CC. The average molecular weight is 204 g/mol. The van der Waals surface area contributed by atoms with E-state index in [-0.39, 0.29) is 0 Å². The van der Waals surface area contributed by atoms with E-state index in [2.05, 4.69) is 19.9 Å². The first kappa shape index (κ1) is 12.0. The van der Waals surface area contributed by atoms with Crippen LogP contribution in [0.4, 0.5) is 0 Å². The number of benzene rings is 1. The molecule has 0 aliphatic rings. The van der Waals surface area contributed by atoms with Gasteiger partial charge in [0, 0.05) is 5.56 Å². The van der Waals surface area contributed by atoms with E-state index >= 15 is 0 Å². The highest BCUT2D eigenvalue weighted by Crippen LogP contribution is 2.15. The normalized spacial score (nSPS) is 10.3. The molecule has 82 valence electrons. The second kappa shape index (κ2) is 6.39. The first-order valence-corrected chi connectivity index (χ1v) is 5.88. The van der Waals surface area contributed by atoms with Crippen molar-refractivity contribution in [3.8, 4) is 0 Å². The van der Waals surface area contributed by atoms with Gasteiger partial charge in [-0.15, -0.1) is 0 Å². The van der Waals surface area contributed by atoms with Gasteiger partial charge < -0.3 is 0 Å². The second-order valence-corrected chi connectivity index (χ2v) is 3.96. The zero-order valence-corrected chi connectivity index (χ0v) is 9.75. The summed E-state index contributed by atoms with van der Waals surface area (Å²) < 4.78 is 0. The number of hydrogen-bond acceptors (Lipinski definition) is 1. The van der Waals surface area contributed by atoms with Gasteiger partial charge >= 0.3 is 0 Å². The molecule has 0 saturated heterocycles. The van der Waals surface area contributed by atoms with Crippen molar-refractivity contribution in [2.24, 2.45) is 0 Å². The Balaban J connectivity index is 2.76. The van der Waals surface area contributed by atoms with E-state index in [1.165, 1.54) is 30.4 Å². The summed E-state index contributed by atoms with van der Waals surface area (Å²) in [4.78, 5) is 10.7. The van der Waals surface area contributed by atoms with Crippen molar-refractivity contribution in [2.45, 2.75) is 46.0 Å². The van der Waals surface area contributed by atoms with Crippen LogP contribution in [0.2, 0.25) is 0 Å². The number of aldehydes is 1. The second-order valence-electron chi connectivity index (χ2n) is 3.96. The maximum atomic E-state index is 10.7. The molecular weight excluding hydrogens is 184 g/mol. The average Bonchev–Trinajstić information content (AvgIpc) is 2.29. The van der Waals surface area contributed by atoms with Gasteiger partial charge in [-0.05, 0) is 36.5 Å². The van der Waals surface area contributed by atoms with Gasteiger partial charge in [0.15, 0.2) is 0 Å². The first-order valence-electron chi connectivity index (χ1n) is 5.88. The third kappa shape index (κ3) is 3.50. The molecule has 0 atom stereocenters. The van der Waals surface area contributed by atoms with Crippen LogP contribution in [0.15, 0.2) is 18.2 Å². The molecule has 0 spiro atoms. The molecular formula is C14H20O. The number of hydrogen-bond donors (Lipinski definition) is 0. The van der Waals surface area contributed by atoms with E-state index in [1.54, 1.807) is 0 Å². The summed E-state index contributed by atoms with van der Waals surface area (Å²) in [6, 6.07) is 6.04. The molecule has 0 bridgehead atoms. The molecule has 0 aromatic heterocycles. The molecule has 0 aliphatic heterocycles. The topological polar surface area (TPSA) is 17.1 Å². The van der Waals surface area contributed by atoms with E-state index in [0.29, 0.717) is 0 Å². The molecule has 0 saturated carbocycles. The lowest BCUT2D eigenvalue weighted by molar-refractivity contribution is 0.112. The molecule has 0 unspecified atom stereocenters. The van der Waals surface area contributed by atoms with Gasteiger partial charge in [-0.1, -0.05) is 38.8 Å². The molecule has 1 aromatic carbocycles. The van der Waals surface area contributed by atoms with Crippen LogP contribution >= 0.6 is 0 Å². The summed E-state index contributed by atoms with van der Waals surface area (Å²) in [7, 11) is 0. The summed E-state index contributed by atoms with van der Waals surface area (Å²) in [5.41, 5.74) is 3.55. The zero-order chi connectivity index (χ0) is 11.1. The largest absolute Gasteiger partial charge is 0.298 e. The van der Waals surface area contributed by atoms with Gasteiger partial charge in [0.1, 0.15) is 6.29 Å². The van der Waals surface area contributed by atoms with E-state index in [9.17, 15) is 4.79 Å². The quantitative estimate of drug-likeness (QED) is 0.509. The van der Waals surface area contributed by atoms with E-state index < -0.39 is 0 Å². The van der Waals surface area contributed by atoms with Gasteiger partial charge in [0.05, 0.1) is 0 Å². The molecule has 15 heavy (non-hydrogen) atoms. The Hall–Kier alpha value is -1.11. The smallest absolute Gasteiger partial charge is 0.150 e. The molecule has 0 heterocycles. The zero-order valence-electron chi connectivity index (χ0n) is 9.75. The van der Waals surface area contributed by atoms with Crippen LogP contribution < -0.4 is 0 Å². The summed E-state index contributed by atoms with van der Waals surface area (Å²) in [5.74, 6) is 0. The van der Waals surface area contributed by atoms with Crippen LogP contribution in [0.3, 0.4) is 0 Å². The Bertz CT molecular complexity index is 315. The Morgan fingerprint density at radius 1 is 1.13 bits per heavy atom. The minimum atomic E-state index is 0.804. The third-order valence-electron chi connectivity index (χ3n) is 2.80. The van der Waals surface area contributed by atoms with Crippen molar-refractivity contribution in [1.82, 2.24) is 0 Å². The fourth-order valence-electron chi connectivity index (χ4n) is 1.86. The maximum absolute atomic E-state index is 10.7. The highest BCUT2D eigenvalue weighted by molar-refractivity contribution is 5.75. The molecule has 1 nitrogen and oxygen atoms in total. The number of carbonyl (C=O) groups is 1. The highest BCUT2D eigenvalue weighted by atomic mass is 16.1. The Kier molecular flexibility index (Phi) is 5.09. The van der Waals surface area contributed by atoms with Crippen LogP contribution in [0.1, 0.15) is 54.6 Å². The van der Waals surface area contributed by atoms with Gasteiger partial charge in [0.25, 0.3) is 0 Å². The summed E-state index contributed by atoms with van der Waals surface area (Å²) in [6.45, 7) is 4.38. The van der Waals surface area contributed by atoms with Crippen LogP contribution in [0, 0.1) is 0 Å². The van der Waals surface area contributed by atoms with Crippen molar-refractivity contribution in [3.05, 3.63) is 34.9 Å². The number of aryl methyl sites for hydroxylation is 2. The monoisotopic (exact) mass is 204 g/mol. The Morgan fingerprint density at radius 2 is 1.93 bits per heavy atom. The van der Waals surface area contributed by atoms with E-state index in [0.717, 1.165) is 24.7 Å². The number of carbonyl (C=O) groups excluding carboxylic acids is 1. The third-order valence-corrected chi connectivity index (χ3v) is 2.80. The minimum Gasteiger partial charge on any atom is -0.298 e. The van der Waals surface area contributed by atoms with Crippen molar-refractivity contribution < 1.29 is 4.79 Å². The summed E-state index contributed by atoms with van der Waals surface area (Å²) in [6.07, 6.45) is 6.84. The Labute approximate surface area is 92.5 Å². The molecule has 1 heteroatoms. The predicted octanol–water partition coefficient (Wildman–Crippen LogP) is 3.79. The van der Waals surface area contributed by atoms with Gasteiger partial charge in [-0.2, -0.15) is 0 Å². The first-order chi connectivity index (χ1) is 7.31. The van der Waals surface area contributed by atoms with Crippen LogP contribution in [0.25, 0.3) is 0 Å². The molecule has 0 radical (unpaired) electrons. The van der Waals surface area contributed by atoms with Gasteiger partial charge in [-0.3, -0.25) is 4.79 Å². The highest BCUT2D eigenvalue weighted by Gasteiger charge is 2.02. The molecule has 0 aliphatic carbocycles. The fraction of sp³-hybridized carbons (Fsp3) is 0.500. The van der Waals surface area contributed by atoms with Crippen LogP contribution in [-0.4, -0.2) is 6.29 Å². The lowest BCUT2D eigenvalue weighted by Gasteiger charge is -2.08. The van der Waals surface area contributed by atoms with E-state index in [1.807, 2.05) is 12.1 Å². The lowest BCUT2D eigenvalue weighted by Crippen LogP contribution is -1.95. The molecule has 0 N–H and O–H groups in total. The van der Waals surface area contributed by atoms with Gasteiger partial charge in [-0.25, -0.2) is 0 Å². The minimum absolute atomic E-state index is 0.804. The molecule has 0 amide bonds. The van der Waals surface area contributed by atoms with Crippen molar-refractivity contribution in [1.29, 1.82) is 0 Å². The standard InChI is InChI=1S/C14H20O/c1-3-5-6-7-14-10-12(11-15)8-9-13(14)4-2/h8-11H,3-7H2,1-2H3. The number of unbranched alkanes of at least 4 members (excludes halogenated alkanes) is 2. The molecule has 1 aromatic rings. The molecule has 0 fully saturated rings. The molecule has 1 rings (SSSR count). The predicted molar refractivity (Wildman–Crippen MR) is 64.4 cm³/mol. The van der Waals surface area contributed by atoms with Crippen LogP contribution in [0.5, 0.6) is 0 Å². The van der Waals surface area contributed by atoms with Gasteiger partial charge in [0.2, 0.25) is 0 Å². The van der Waals surface area contributed by atoms with Crippen molar-refractivity contribution in [3.63, 3.8) is 0 Å². The fourth-order valence-corrected chi connectivity index (χ4v) is 1.86.